The van der Waals surface area contributed by atoms with Gasteiger partial charge < -0.3 is 10.1 Å². The molecule has 0 aromatic heterocycles. The molecule has 1 saturated carbocycles. The number of nitrogens with one attached hydrogen (secondary N) is 1. The van der Waals surface area contributed by atoms with Gasteiger partial charge in [-0.15, -0.1) is 0 Å². The number of halogens is 2. The second kappa shape index (κ2) is 3.55. The maximum absolute atomic E-state index is 6.17. The molecule has 0 amide bonds. The Labute approximate surface area is 98.5 Å². The van der Waals surface area contributed by atoms with E-state index < -0.39 is 0 Å². The van der Waals surface area contributed by atoms with E-state index in [4.69, 9.17) is 27.9 Å². The fourth-order valence-corrected chi connectivity index (χ4v) is 2.55. The average molecular weight is 244 g/mol. The van der Waals surface area contributed by atoms with Crippen molar-refractivity contribution in [3.8, 4) is 5.75 Å². The summed E-state index contributed by atoms with van der Waals surface area (Å²) in [5.41, 5.74) is 1.06. The lowest BCUT2D eigenvalue weighted by atomic mass is 10.1. The van der Waals surface area contributed by atoms with Crippen molar-refractivity contribution in [2.75, 3.05) is 6.61 Å². The van der Waals surface area contributed by atoms with Gasteiger partial charge in [0.25, 0.3) is 0 Å². The van der Waals surface area contributed by atoms with Gasteiger partial charge in [-0.2, -0.15) is 0 Å². The van der Waals surface area contributed by atoms with Gasteiger partial charge in [0.15, 0.2) is 0 Å². The van der Waals surface area contributed by atoms with E-state index in [1.54, 1.807) is 6.07 Å². The van der Waals surface area contributed by atoms with Crippen molar-refractivity contribution in [3.63, 3.8) is 0 Å². The van der Waals surface area contributed by atoms with E-state index in [2.05, 4.69) is 5.32 Å². The topological polar surface area (TPSA) is 21.3 Å². The maximum Gasteiger partial charge on any atom is 0.127 e. The van der Waals surface area contributed by atoms with Gasteiger partial charge in [-0.3, -0.25) is 0 Å². The van der Waals surface area contributed by atoms with Crippen LogP contribution in [0.25, 0.3) is 0 Å². The summed E-state index contributed by atoms with van der Waals surface area (Å²) in [7, 11) is 0. The molecule has 1 fully saturated rings. The van der Waals surface area contributed by atoms with Crippen LogP contribution in [0.15, 0.2) is 12.1 Å². The Hall–Kier alpha value is -0.440. The summed E-state index contributed by atoms with van der Waals surface area (Å²) in [6.07, 6.45) is 2.52. The van der Waals surface area contributed by atoms with E-state index in [0.29, 0.717) is 22.7 Å². The van der Waals surface area contributed by atoms with Crippen LogP contribution in [0.4, 0.5) is 0 Å². The third-order valence-electron chi connectivity index (χ3n) is 2.82. The van der Waals surface area contributed by atoms with E-state index in [1.165, 1.54) is 12.8 Å². The molecule has 0 radical (unpaired) electrons. The van der Waals surface area contributed by atoms with E-state index in [0.717, 1.165) is 11.3 Å². The van der Waals surface area contributed by atoms with Crippen molar-refractivity contribution in [2.45, 2.75) is 24.9 Å². The summed E-state index contributed by atoms with van der Waals surface area (Å²) < 4.78 is 5.57. The molecule has 1 N–H and O–H groups in total. The summed E-state index contributed by atoms with van der Waals surface area (Å²) >= 11 is 12.1. The Balaban J connectivity index is 1.93. The number of fused-ring (bicyclic) bond motifs is 1. The van der Waals surface area contributed by atoms with Crippen molar-refractivity contribution in [2.24, 2.45) is 0 Å². The molecule has 15 heavy (non-hydrogen) atoms. The van der Waals surface area contributed by atoms with Crippen LogP contribution in [-0.4, -0.2) is 12.6 Å². The van der Waals surface area contributed by atoms with Crippen LogP contribution in [0.2, 0.25) is 10.0 Å². The quantitative estimate of drug-likeness (QED) is 0.862. The molecule has 0 bridgehead atoms. The van der Waals surface area contributed by atoms with Crippen LogP contribution in [0.1, 0.15) is 24.4 Å². The predicted octanol–water partition coefficient (Wildman–Crippen LogP) is 3.18. The van der Waals surface area contributed by atoms with Gasteiger partial charge in [-0.1, -0.05) is 23.2 Å². The highest BCUT2D eigenvalue weighted by Crippen LogP contribution is 2.41. The van der Waals surface area contributed by atoms with Crippen LogP contribution < -0.4 is 10.1 Å². The van der Waals surface area contributed by atoms with E-state index in [9.17, 15) is 0 Å². The van der Waals surface area contributed by atoms with Gasteiger partial charge in [0.05, 0.1) is 11.1 Å². The van der Waals surface area contributed by atoms with Crippen molar-refractivity contribution in [1.82, 2.24) is 5.32 Å². The van der Waals surface area contributed by atoms with Gasteiger partial charge in [0, 0.05) is 16.6 Å². The molecule has 3 rings (SSSR count). The summed E-state index contributed by atoms with van der Waals surface area (Å²) in [5, 5.41) is 4.85. The minimum atomic E-state index is 0.234. The van der Waals surface area contributed by atoms with Gasteiger partial charge in [0.2, 0.25) is 0 Å². The Bertz CT molecular complexity index is 404. The summed E-state index contributed by atoms with van der Waals surface area (Å²) in [6.45, 7) is 0.659. The van der Waals surface area contributed by atoms with Crippen molar-refractivity contribution in [3.05, 3.63) is 27.7 Å². The summed E-state index contributed by atoms with van der Waals surface area (Å²) in [5.74, 6) is 0.825. The lowest BCUT2D eigenvalue weighted by molar-refractivity contribution is 0.310. The maximum atomic E-state index is 6.17. The molecule has 0 spiro atoms. The number of ether oxygens (including phenoxy) is 1. The van der Waals surface area contributed by atoms with Gasteiger partial charge in [0.1, 0.15) is 12.4 Å². The minimum absolute atomic E-state index is 0.234. The fourth-order valence-electron chi connectivity index (χ4n) is 1.94. The second-order valence-corrected chi connectivity index (χ2v) is 4.95. The molecule has 1 aromatic rings. The van der Waals surface area contributed by atoms with Gasteiger partial charge in [-0.05, 0) is 25.0 Å². The molecule has 1 aliphatic heterocycles. The third kappa shape index (κ3) is 1.82. The third-order valence-corrected chi connectivity index (χ3v) is 3.36. The molecule has 0 saturated heterocycles. The number of hydrogen-bond acceptors (Lipinski definition) is 2. The highest BCUT2D eigenvalue weighted by Gasteiger charge is 2.32. The second-order valence-electron chi connectivity index (χ2n) is 4.10. The molecular weight excluding hydrogens is 233 g/mol. The molecule has 1 aromatic carbocycles. The Morgan fingerprint density at radius 3 is 2.80 bits per heavy atom. The first-order valence-corrected chi connectivity index (χ1v) is 5.87. The monoisotopic (exact) mass is 243 g/mol. The molecular formula is C11H11Cl2NO. The van der Waals surface area contributed by atoms with Crippen LogP contribution >= 0.6 is 23.2 Å². The van der Waals surface area contributed by atoms with Crippen molar-refractivity contribution < 1.29 is 4.74 Å². The molecule has 2 nitrogen and oxygen atoms in total. The van der Waals surface area contributed by atoms with Crippen LogP contribution in [0.3, 0.4) is 0 Å². The summed E-state index contributed by atoms with van der Waals surface area (Å²) in [6, 6.07) is 4.49. The molecule has 1 atom stereocenters. The van der Waals surface area contributed by atoms with Crippen molar-refractivity contribution in [1.29, 1.82) is 0 Å². The minimum Gasteiger partial charge on any atom is -0.491 e. The Kier molecular flexibility index (Phi) is 2.31. The predicted molar refractivity (Wildman–Crippen MR) is 60.9 cm³/mol. The zero-order valence-electron chi connectivity index (χ0n) is 8.09. The van der Waals surface area contributed by atoms with E-state index in [-0.39, 0.29) is 6.04 Å². The molecule has 2 aliphatic rings. The zero-order valence-corrected chi connectivity index (χ0v) is 9.61. The molecule has 1 heterocycles. The van der Waals surface area contributed by atoms with Crippen LogP contribution in [-0.2, 0) is 0 Å². The highest BCUT2D eigenvalue weighted by molar-refractivity contribution is 6.35. The molecule has 80 valence electrons. The number of hydrogen-bond donors (Lipinski definition) is 1. The Morgan fingerprint density at radius 2 is 2.07 bits per heavy atom. The van der Waals surface area contributed by atoms with Crippen molar-refractivity contribution >= 4 is 23.2 Å². The molecule has 4 heteroatoms. The lowest BCUT2D eigenvalue weighted by Gasteiger charge is -2.11. The summed E-state index contributed by atoms with van der Waals surface area (Å²) in [4.78, 5) is 0. The lowest BCUT2D eigenvalue weighted by Crippen LogP contribution is -2.24. The first kappa shape index (κ1) is 9.76. The normalized spacial score (nSPS) is 23.7. The van der Waals surface area contributed by atoms with E-state index >= 15 is 0 Å². The zero-order chi connectivity index (χ0) is 10.4. The first-order chi connectivity index (χ1) is 7.24. The Morgan fingerprint density at radius 1 is 1.27 bits per heavy atom. The van der Waals surface area contributed by atoms with Crippen LogP contribution in [0, 0.1) is 0 Å². The van der Waals surface area contributed by atoms with Crippen LogP contribution in [0.5, 0.6) is 5.75 Å². The largest absolute Gasteiger partial charge is 0.491 e. The smallest absolute Gasteiger partial charge is 0.127 e. The number of rotatable bonds is 2. The highest BCUT2D eigenvalue weighted by atomic mass is 35.5. The first-order valence-electron chi connectivity index (χ1n) is 5.12. The molecule has 1 unspecified atom stereocenters. The van der Waals surface area contributed by atoms with Gasteiger partial charge in [-0.25, -0.2) is 0 Å². The van der Waals surface area contributed by atoms with E-state index in [1.807, 2.05) is 6.07 Å². The average Bonchev–Trinajstić information content (AvgIpc) is 2.87. The standard InChI is InChI=1S/C11H11Cl2NO/c12-6-3-8(13)11-9(14-7-1-2-7)5-15-10(11)4-6/h3-4,7,9,14H,1-2,5H2. The van der Waals surface area contributed by atoms with Gasteiger partial charge >= 0.3 is 0 Å². The fraction of sp³-hybridized carbons (Fsp3) is 0.455. The number of benzene rings is 1. The molecule has 1 aliphatic carbocycles. The SMILES string of the molecule is Clc1cc(Cl)c2c(c1)OCC2NC1CC1.